The van der Waals surface area contributed by atoms with Crippen molar-refractivity contribution < 1.29 is 37.3 Å². The molecule has 0 bridgehead atoms. The van der Waals surface area contributed by atoms with Gasteiger partial charge in [0.2, 0.25) is 5.91 Å². The summed E-state index contributed by atoms with van der Waals surface area (Å²) in [6.45, 7) is 7.09. The van der Waals surface area contributed by atoms with Crippen LogP contribution in [0.25, 0.3) is 0 Å². The molecule has 0 aliphatic heterocycles. The molecule has 0 saturated carbocycles. The van der Waals surface area contributed by atoms with E-state index >= 15 is 0 Å². The number of nitrogens with zero attached hydrogens (tertiary/aromatic N) is 1. The monoisotopic (exact) mass is 1250 g/mol. The summed E-state index contributed by atoms with van der Waals surface area (Å²) in [6.07, 6.45) is 83.6. The number of carbonyl (C=O) groups is 2. The summed E-state index contributed by atoms with van der Waals surface area (Å²) in [5.74, 6) is -0.479. The number of phosphoric ester groups is 1. The Morgan fingerprint density at radius 3 is 0.977 bits per heavy atom. The molecule has 0 rings (SSSR count). The number of esters is 1. The molecular formula is C77H152N2O7P+. The second kappa shape index (κ2) is 67.4. The third-order valence-corrected chi connectivity index (χ3v) is 18.9. The zero-order valence-electron chi connectivity index (χ0n) is 59.3. The predicted octanol–water partition coefficient (Wildman–Crippen LogP) is 24.8. The van der Waals surface area contributed by atoms with Crippen LogP contribution >= 0.6 is 7.82 Å². The van der Waals surface area contributed by atoms with Crippen LogP contribution in [-0.2, 0) is 27.9 Å². The number of allylic oxidation sites excluding steroid dienone is 3. The first-order chi connectivity index (χ1) is 42.4. The molecule has 0 saturated heterocycles. The maximum absolute atomic E-state index is 13.6. The fraction of sp³-hybridized carbons (Fsp3) is 0.922. The smallest absolute Gasteiger partial charge is 0.456 e. The van der Waals surface area contributed by atoms with Crippen LogP contribution in [0.3, 0.4) is 0 Å². The lowest BCUT2D eigenvalue weighted by molar-refractivity contribution is -0.870. The number of quaternary nitrogens is 1. The van der Waals surface area contributed by atoms with E-state index < -0.39 is 20.0 Å². The molecule has 0 aliphatic carbocycles. The van der Waals surface area contributed by atoms with E-state index in [-0.39, 0.29) is 25.1 Å². The summed E-state index contributed by atoms with van der Waals surface area (Å²) in [6, 6.07) is -0.843. The van der Waals surface area contributed by atoms with E-state index in [0.29, 0.717) is 23.9 Å². The highest BCUT2D eigenvalue weighted by atomic mass is 31.2. The normalized spacial score (nSPS) is 13.5. The Labute approximate surface area is 543 Å². The third-order valence-electron chi connectivity index (χ3n) is 17.9. The van der Waals surface area contributed by atoms with E-state index in [0.717, 1.165) is 57.8 Å². The van der Waals surface area contributed by atoms with Gasteiger partial charge in [0.25, 0.3) is 0 Å². The second-order valence-corrected chi connectivity index (χ2v) is 29.3. The van der Waals surface area contributed by atoms with Gasteiger partial charge in [-0.25, -0.2) is 4.57 Å². The molecule has 0 fully saturated rings. The number of carbonyl (C=O) groups excluding carboxylic acids is 2. The number of likely N-dealkylation sites (N-methyl/N-ethyl adjacent to an activating group) is 1. The molecule has 3 atom stereocenters. The lowest BCUT2D eigenvalue weighted by atomic mass is 10.0. The minimum Gasteiger partial charge on any atom is -0.456 e. The summed E-state index contributed by atoms with van der Waals surface area (Å²) in [5.41, 5.74) is 0. The van der Waals surface area contributed by atoms with E-state index in [1.807, 2.05) is 27.2 Å². The van der Waals surface area contributed by atoms with Crippen molar-refractivity contribution in [1.29, 1.82) is 0 Å². The van der Waals surface area contributed by atoms with Crippen LogP contribution in [0.15, 0.2) is 24.3 Å². The number of unbranched alkanes of at least 4 members (excludes halogenated alkanes) is 54. The molecule has 516 valence electrons. The largest absolute Gasteiger partial charge is 0.472 e. The molecule has 0 aromatic heterocycles. The molecule has 9 nitrogen and oxygen atoms in total. The van der Waals surface area contributed by atoms with Gasteiger partial charge in [-0.2, -0.15) is 0 Å². The maximum Gasteiger partial charge on any atom is 0.472 e. The first-order valence-electron chi connectivity index (χ1n) is 38.7. The van der Waals surface area contributed by atoms with Gasteiger partial charge >= 0.3 is 13.8 Å². The number of amides is 1. The summed E-state index contributed by atoms with van der Waals surface area (Å²) in [5, 5.41) is 3.08. The van der Waals surface area contributed by atoms with Gasteiger partial charge in [-0.3, -0.25) is 18.6 Å². The van der Waals surface area contributed by atoms with Gasteiger partial charge in [0.15, 0.2) is 0 Å². The lowest BCUT2D eigenvalue weighted by Gasteiger charge is -2.27. The van der Waals surface area contributed by atoms with Crippen LogP contribution in [0.2, 0.25) is 0 Å². The zero-order valence-corrected chi connectivity index (χ0v) is 60.2. The van der Waals surface area contributed by atoms with Gasteiger partial charge < -0.3 is 19.4 Å². The number of phosphoric acid groups is 1. The molecule has 0 aliphatic rings. The average Bonchev–Trinajstić information content (AvgIpc) is 3.70. The highest BCUT2D eigenvalue weighted by Gasteiger charge is 2.30. The van der Waals surface area contributed by atoms with Crippen LogP contribution in [0.5, 0.6) is 0 Å². The van der Waals surface area contributed by atoms with Gasteiger partial charge in [-0.15, -0.1) is 0 Å². The zero-order chi connectivity index (χ0) is 63.5. The van der Waals surface area contributed by atoms with Crippen molar-refractivity contribution in [2.75, 3.05) is 40.9 Å². The van der Waals surface area contributed by atoms with Crippen molar-refractivity contribution >= 4 is 19.7 Å². The first kappa shape index (κ1) is 85.5. The molecule has 0 aromatic carbocycles. The van der Waals surface area contributed by atoms with Crippen LogP contribution in [0, 0.1) is 0 Å². The van der Waals surface area contributed by atoms with Gasteiger partial charge in [0.05, 0.1) is 33.8 Å². The molecule has 10 heteroatoms. The Kier molecular flexibility index (Phi) is 66.2. The third kappa shape index (κ3) is 68.7. The number of rotatable bonds is 72. The molecule has 1 amide bonds. The van der Waals surface area contributed by atoms with Crippen LogP contribution in [-0.4, -0.2) is 74.3 Å². The minimum atomic E-state index is -4.45. The average molecular weight is 1250 g/mol. The van der Waals surface area contributed by atoms with Crippen LogP contribution in [0.1, 0.15) is 406 Å². The number of ether oxygens (including phenoxy) is 1. The lowest BCUT2D eigenvalue weighted by Crippen LogP contribution is -2.47. The quantitative estimate of drug-likeness (QED) is 0.0205. The van der Waals surface area contributed by atoms with E-state index in [4.69, 9.17) is 13.8 Å². The Bertz CT molecular complexity index is 1530. The minimum absolute atomic E-state index is 0.0449. The standard InChI is InChI=1S/C77H151N2O7P/c1-7-10-13-16-19-22-25-27-29-31-33-35-37-39-41-43-45-47-49-51-54-57-60-63-66-69-76(80)78-74(73-85-87(82,83)84-72-71-79(4,5)6)75(68-65-62-59-56-53-24-21-18-15-12-9-3)86-77(81)70-67-64-61-58-55-52-50-48-46-44-42-40-38-36-34-32-30-28-26-23-20-17-14-11-8-2/h28,30,65,68,74-75H,7-27,29,31-64,66-67,69-73H2,1-6H3,(H-,78,80,82,83)/p+1/b30-28+,68-65+. The molecule has 0 aromatic rings. The van der Waals surface area contributed by atoms with E-state index in [2.05, 4.69) is 44.3 Å². The van der Waals surface area contributed by atoms with Gasteiger partial charge in [0, 0.05) is 12.8 Å². The van der Waals surface area contributed by atoms with Crippen LogP contribution in [0.4, 0.5) is 0 Å². The van der Waals surface area contributed by atoms with Crippen molar-refractivity contribution in [3.8, 4) is 0 Å². The SMILES string of the molecule is CCCCCCCC/C=C/CCCCCCCCCCCCCCCCCC(=O)OC(/C=C/CCCCCCCCCCC)C(COP(=O)(O)OCC[N+](C)(C)C)NC(=O)CCCCCCCCCCCCCCCCCCCCCCCCCCC. The summed E-state index contributed by atoms with van der Waals surface area (Å²) < 4.78 is 30.9. The van der Waals surface area contributed by atoms with Gasteiger partial charge in [-0.1, -0.05) is 360 Å². The predicted molar refractivity (Wildman–Crippen MR) is 379 cm³/mol. The van der Waals surface area contributed by atoms with E-state index in [1.54, 1.807) is 0 Å². The number of nitrogens with one attached hydrogen (secondary N) is 1. The summed E-state index contributed by atoms with van der Waals surface area (Å²) in [7, 11) is 1.52. The Balaban J connectivity index is 4.88. The van der Waals surface area contributed by atoms with Crippen molar-refractivity contribution in [2.24, 2.45) is 0 Å². The maximum atomic E-state index is 13.6. The molecule has 3 unspecified atom stereocenters. The van der Waals surface area contributed by atoms with Gasteiger partial charge in [0.1, 0.15) is 19.3 Å². The first-order valence-corrected chi connectivity index (χ1v) is 40.2. The Morgan fingerprint density at radius 1 is 0.391 bits per heavy atom. The fourth-order valence-corrected chi connectivity index (χ4v) is 12.7. The molecule has 87 heavy (non-hydrogen) atoms. The van der Waals surface area contributed by atoms with Crippen LogP contribution < -0.4 is 5.32 Å². The van der Waals surface area contributed by atoms with Gasteiger partial charge in [-0.05, 0) is 57.4 Å². The molecule has 0 radical (unpaired) electrons. The van der Waals surface area contributed by atoms with Crippen molar-refractivity contribution in [1.82, 2.24) is 5.32 Å². The molecular weight excluding hydrogens is 1100 g/mol. The molecule has 0 spiro atoms. The van der Waals surface area contributed by atoms with E-state index in [9.17, 15) is 19.0 Å². The molecule has 0 heterocycles. The Morgan fingerprint density at radius 2 is 0.667 bits per heavy atom. The highest BCUT2D eigenvalue weighted by molar-refractivity contribution is 7.47. The Hall–Kier alpha value is -1.51. The van der Waals surface area contributed by atoms with Crippen molar-refractivity contribution in [2.45, 2.75) is 418 Å². The summed E-state index contributed by atoms with van der Waals surface area (Å²) >= 11 is 0. The second-order valence-electron chi connectivity index (χ2n) is 27.9. The number of hydrogen-bond acceptors (Lipinski definition) is 6. The summed E-state index contributed by atoms with van der Waals surface area (Å²) in [4.78, 5) is 38.0. The molecule has 2 N–H and O–H groups in total. The fourth-order valence-electron chi connectivity index (χ4n) is 11.9. The van der Waals surface area contributed by atoms with Crippen molar-refractivity contribution in [3.05, 3.63) is 24.3 Å². The number of hydrogen-bond donors (Lipinski definition) is 2. The van der Waals surface area contributed by atoms with Crippen molar-refractivity contribution in [3.63, 3.8) is 0 Å². The van der Waals surface area contributed by atoms with E-state index in [1.165, 1.54) is 315 Å². The highest BCUT2D eigenvalue weighted by Crippen LogP contribution is 2.43. The topological polar surface area (TPSA) is 111 Å².